The number of nitrogens with zero attached hydrogens (tertiary/aromatic N) is 2. The van der Waals surface area contributed by atoms with Gasteiger partial charge < -0.3 is 16.4 Å². The second-order valence-electron chi connectivity index (χ2n) is 4.80. The van der Waals surface area contributed by atoms with Gasteiger partial charge in [0.15, 0.2) is 5.96 Å². The number of nitrogens with one attached hydrogen (secondary N) is 2. The number of alkyl halides is 3. The normalized spacial score (nSPS) is 12.1. The number of nitrogens with two attached hydrogens (primary N) is 1. The van der Waals surface area contributed by atoms with Crippen LogP contribution in [0.1, 0.15) is 18.9 Å². The van der Waals surface area contributed by atoms with Gasteiger partial charge in [-0.2, -0.15) is 13.2 Å². The van der Waals surface area contributed by atoms with E-state index in [0.717, 1.165) is 17.8 Å². The largest absolute Gasteiger partial charge is 0.417 e. The van der Waals surface area contributed by atoms with E-state index in [4.69, 9.17) is 5.73 Å². The summed E-state index contributed by atoms with van der Waals surface area (Å²) in [5, 5.41) is 5.86. The number of pyridine rings is 1. The molecule has 0 radical (unpaired) electrons. The zero-order valence-electron chi connectivity index (χ0n) is 12.4. The molecule has 0 aromatic carbocycles. The van der Waals surface area contributed by atoms with Crippen LogP contribution in [0.3, 0.4) is 0 Å². The molecule has 22 heavy (non-hydrogen) atoms. The van der Waals surface area contributed by atoms with Crippen molar-refractivity contribution in [2.45, 2.75) is 19.5 Å². The molecular weight excluding hydrogens is 295 g/mol. The quantitative estimate of drug-likeness (QED) is 0.312. The van der Waals surface area contributed by atoms with E-state index < -0.39 is 11.7 Å². The van der Waals surface area contributed by atoms with E-state index in [0.29, 0.717) is 37.8 Å². The van der Waals surface area contributed by atoms with Gasteiger partial charge in [0.25, 0.3) is 0 Å². The number of halogens is 3. The van der Waals surface area contributed by atoms with E-state index in [-0.39, 0.29) is 0 Å². The van der Waals surface area contributed by atoms with Crippen LogP contribution >= 0.6 is 0 Å². The van der Waals surface area contributed by atoms with Gasteiger partial charge in [0.1, 0.15) is 5.82 Å². The van der Waals surface area contributed by atoms with Gasteiger partial charge in [0, 0.05) is 19.3 Å². The summed E-state index contributed by atoms with van der Waals surface area (Å²) in [5.41, 5.74) is 5.78. The highest BCUT2D eigenvalue weighted by Crippen LogP contribution is 2.28. The maximum atomic E-state index is 12.4. The first-order valence-corrected chi connectivity index (χ1v) is 6.74. The summed E-state index contributed by atoms with van der Waals surface area (Å²) in [5.74, 6) is 0.743. The fourth-order valence-corrected chi connectivity index (χ4v) is 1.46. The average molecular weight is 315 g/mol. The van der Waals surface area contributed by atoms with Crippen LogP contribution in [0.5, 0.6) is 0 Å². The first-order chi connectivity index (χ1) is 10.3. The van der Waals surface area contributed by atoms with Crippen molar-refractivity contribution in [2.75, 3.05) is 25.0 Å². The number of guanidine groups is 1. The third-order valence-electron chi connectivity index (χ3n) is 2.58. The van der Waals surface area contributed by atoms with Crippen LogP contribution in [0, 0.1) is 0 Å². The van der Waals surface area contributed by atoms with Gasteiger partial charge in [-0.25, -0.2) is 9.98 Å². The van der Waals surface area contributed by atoms with Gasteiger partial charge in [-0.15, -0.1) is 0 Å². The lowest BCUT2D eigenvalue weighted by Crippen LogP contribution is -2.33. The maximum absolute atomic E-state index is 12.4. The van der Waals surface area contributed by atoms with Crippen molar-refractivity contribution in [2.24, 2.45) is 10.7 Å². The maximum Gasteiger partial charge on any atom is 0.417 e. The Morgan fingerprint density at radius 3 is 2.64 bits per heavy atom. The Hall–Kier alpha value is -2.25. The van der Waals surface area contributed by atoms with Crippen LogP contribution in [0.2, 0.25) is 0 Å². The Labute approximate surface area is 127 Å². The van der Waals surface area contributed by atoms with Crippen LogP contribution in [0.4, 0.5) is 19.0 Å². The molecule has 0 saturated heterocycles. The van der Waals surface area contributed by atoms with Gasteiger partial charge in [-0.1, -0.05) is 12.2 Å². The first kappa shape index (κ1) is 17.8. The van der Waals surface area contributed by atoms with Crippen LogP contribution in [-0.4, -0.2) is 30.6 Å². The monoisotopic (exact) mass is 315 g/mol. The highest BCUT2D eigenvalue weighted by molar-refractivity contribution is 5.77. The molecular formula is C14H20F3N5. The summed E-state index contributed by atoms with van der Waals surface area (Å²) in [6, 6.07) is 2.30. The Kier molecular flexibility index (Phi) is 6.68. The van der Waals surface area contributed by atoms with Crippen molar-refractivity contribution in [1.82, 2.24) is 10.3 Å². The number of aliphatic imine (C=N–C) groups is 1. The fourth-order valence-electron chi connectivity index (χ4n) is 1.46. The van der Waals surface area contributed by atoms with Gasteiger partial charge in [0.2, 0.25) is 0 Å². The SMILES string of the molecule is C=C(C)CN=C(N)NCCCNc1ccc(C(F)(F)F)cn1. The minimum Gasteiger partial charge on any atom is -0.370 e. The average Bonchev–Trinajstić information content (AvgIpc) is 2.44. The number of hydrogen-bond donors (Lipinski definition) is 3. The molecule has 5 nitrogen and oxygen atoms in total. The van der Waals surface area contributed by atoms with Crippen molar-refractivity contribution in [3.63, 3.8) is 0 Å². The molecule has 0 unspecified atom stereocenters. The topological polar surface area (TPSA) is 75.3 Å². The van der Waals surface area contributed by atoms with Crippen molar-refractivity contribution in [3.05, 3.63) is 36.0 Å². The molecule has 0 fully saturated rings. The molecule has 0 amide bonds. The summed E-state index contributed by atoms with van der Waals surface area (Å²) >= 11 is 0. The Bertz CT molecular complexity index is 508. The van der Waals surface area contributed by atoms with E-state index in [1.54, 1.807) is 0 Å². The Morgan fingerprint density at radius 2 is 2.09 bits per heavy atom. The van der Waals surface area contributed by atoms with E-state index in [1.165, 1.54) is 6.07 Å². The van der Waals surface area contributed by atoms with Crippen LogP contribution in [-0.2, 0) is 6.18 Å². The highest BCUT2D eigenvalue weighted by Gasteiger charge is 2.30. The third-order valence-corrected chi connectivity index (χ3v) is 2.58. The molecule has 0 aliphatic heterocycles. The van der Waals surface area contributed by atoms with E-state index in [1.807, 2.05) is 6.92 Å². The Morgan fingerprint density at radius 1 is 1.36 bits per heavy atom. The predicted octanol–water partition coefficient (Wildman–Crippen LogP) is 2.38. The standard InChI is InChI=1S/C14H20F3N5/c1-10(2)8-22-13(18)20-7-3-6-19-12-5-4-11(9-21-12)14(15,16)17/h4-5,9H,1,3,6-8H2,2H3,(H,19,21)(H3,18,20,22). The number of anilines is 1. The summed E-state index contributed by atoms with van der Waals surface area (Å²) in [7, 11) is 0. The molecule has 1 rings (SSSR count). The lowest BCUT2D eigenvalue weighted by Gasteiger charge is -2.09. The number of aromatic nitrogens is 1. The molecule has 1 heterocycles. The van der Waals surface area contributed by atoms with E-state index in [9.17, 15) is 13.2 Å². The number of hydrogen-bond acceptors (Lipinski definition) is 3. The van der Waals surface area contributed by atoms with E-state index >= 15 is 0 Å². The molecule has 1 aromatic heterocycles. The minimum absolute atomic E-state index is 0.343. The molecule has 0 aliphatic rings. The molecule has 0 spiro atoms. The zero-order valence-corrected chi connectivity index (χ0v) is 12.4. The summed E-state index contributed by atoms with van der Waals surface area (Å²) < 4.78 is 37.1. The second kappa shape index (κ2) is 8.26. The van der Waals surface area contributed by atoms with Crippen molar-refractivity contribution >= 4 is 11.8 Å². The van der Waals surface area contributed by atoms with Crippen molar-refractivity contribution < 1.29 is 13.2 Å². The molecule has 4 N–H and O–H groups in total. The van der Waals surface area contributed by atoms with Crippen molar-refractivity contribution in [1.29, 1.82) is 0 Å². The molecule has 0 bridgehead atoms. The van der Waals surface area contributed by atoms with Gasteiger partial charge >= 0.3 is 6.18 Å². The smallest absolute Gasteiger partial charge is 0.370 e. The van der Waals surface area contributed by atoms with E-state index in [2.05, 4.69) is 27.2 Å². The molecule has 8 heteroatoms. The van der Waals surface area contributed by atoms with Crippen LogP contribution in [0.25, 0.3) is 0 Å². The third kappa shape index (κ3) is 6.96. The fraction of sp³-hybridized carbons (Fsp3) is 0.429. The zero-order chi connectivity index (χ0) is 16.6. The van der Waals surface area contributed by atoms with Crippen LogP contribution in [0.15, 0.2) is 35.5 Å². The van der Waals surface area contributed by atoms with Crippen molar-refractivity contribution in [3.8, 4) is 0 Å². The first-order valence-electron chi connectivity index (χ1n) is 6.74. The second-order valence-corrected chi connectivity index (χ2v) is 4.80. The molecule has 122 valence electrons. The highest BCUT2D eigenvalue weighted by atomic mass is 19.4. The lowest BCUT2D eigenvalue weighted by atomic mass is 10.3. The summed E-state index contributed by atoms with van der Waals surface area (Å²) in [4.78, 5) is 7.77. The molecule has 0 saturated carbocycles. The summed E-state index contributed by atoms with van der Waals surface area (Å²) in [6.45, 7) is 7.20. The molecule has 0 aliphatic carbocycles. The van der Waals surface area contributed by atoms with Gasteiger partial charge in [-0.05, 0) is 25.5 Å². The van der Waals surface area contributed by atoms with Crippen LogP contribution < -0.4 is 16.4 Å². The molecule has 0 atom stereocenters. The Balaban J connectivity index is 2.25. The number of rotatable bonds is 7. The summed E-state index contributed by atoms with van der Waals surface area (Å²) in [6.07, 6.45) is -2.84. The predicted molar refractivity (Wildman–Crippen MR) is 81.7 cm³/mol. The van der Waals surface area contributed by atoms with Gasteiger partial charge in [-0.3, -0.25) is 0 Å². The van der Waals surface area contributed by atoms with Gasteiger partial charge in [0.05, 0.1) is 12.1 Å². The molecule has 1 aromatic rings. The minimum atomic E-state index is -4.36. The lowest BCUT2D eigenvalue weighted by molar-refractivity contribution is -0.137.